The van der Waals surface area contributed by atoms with E-state index in [9.17, 15) is 9.59 Å². The van der Waals surface area contributed by atoms with E-state index >= 15 is 0 Å². The van der Waals surface area contributed by atoms with E-state index in [-0.39, 0.29) is 29.4 Å². The Kier molecular flexibility index (Phi) is 6.20. The lowest BCUT2D eigenvalue weighted by molar-refractivity contribution is -0.151. The maximum Gasteiger partial charge on any atom is 0.246 e. The van der Waals surface area contributed by atoms with Crippen LogP contribution in [0.2, 0.25) is 0 Å². The molecule has 1 saturated heterocycles. The third-order valence-electron chi connectivity index (χ3n) is 4.63. The van der Waals surface area contributed by atoms with Crippen LogP contribution in [0, 0.1) is 5.92 Å². The molecule has 2 amide bonds. The monoisotopic (exact) mass is 298 g/mol. The predicted molar refractivity (Wildman–Crippen MR) is 82.9 cm³/mol. The highest BCUT2D eigenvalue weighted by atomic mass is 16.5. The Balaban J connectivity index is 2.88. The molecule has 0 bridgehead atoms. The van der Waals surface area contributed by atoms with Gasteiger partial charge < -0.3 is 15.0 Å². The van der Waals surface area contributed by atoms with Crippen LogP contribution in [0.25, 0.3) is 0 Å². The highest BCUT2D eigenvalue weighted by Crippen LogP contribution is 2.22. The van der Waals surface area contributed by atoms with E-state index in [1.165, 1.54) is 0 Å². The van der Waals surface area contributed by atoms with Crippen molar-refractivity contribution in [3.05, 3.63) is 0 Å². The van der Waals surface area contributed by atoms with Gasteiger partial charge in [-0.15, -0.1) is 0 Å². The van der Waals surface area contributed by atoms with Gasteiger partial charge in [0.05, 0.1) is 5.60 Å². The molecule has 21 heavy (non-hydrogen) atoms. The van der Waals surface area contributed by atoms with Crippen molar-refractivity contribution in [2.24, 2.45) is 5.92 Å². The van der Waals surface area contributed by atoms with E-state index in [0.29, 0.717) is 19.4 Å². The lowest BCUT2D eigenvalue weighted by Crippen LogP contribution is -2.65. The van der Waals surface area contributed by atoms with Gasteiger partial charge in [-0.25, -0.2) is 0 Å². The van der Waals surface area contributed by atoms with Crippen LogP contribution < -0.4 is 5.32 Å². The number of methoxy groups -OCH3 is 1. The first-order chi connectivity index (χ1) is 9.77. The van der Waals surface area contributed by atoms with Crippen LogP contribution in [-0.2, 0) is 14.3 Å². The number of rotatable bonds is 7. The normalized spacial score (nSPS) is 25.0. The van der Waals surface area contributed by atoms with Gasteiger partial charge >= 0.3 is 0 Å². The Labute approximate surface area is 128 Å². The molecule has 0 aromatic carbocycles. The fourth-order valence-corrected chi connectivity index (χ4v) is 2.57. The number of piperazine rings is 1. The zero-order valence-electron chi connectivity index (χ0n) is 14.2. The number of carbonyl (C=O) groups is 2. The maximum absolute atomic E-state index is 12.7. The summed E-state index contributed by atoms with van der Waals surface area (Å²) in [7, 11) is 1.67. The van der Waals surface area contributed by atoms with Crippen LogP contribution in [0.1, 0.15) is 53.9 Å². The third-order valence-corrected chi connectivity index (χ3v) is 4.63. The smallest absolute Gasteiger partial charge is 0.246 e. The molecule has 0 spiro atoms. The van der Waals surface area contributed by atoms with Gasteiger partial charge in [0, 0.05) is 13.7 Å². The second kappa shape index (κ2) is 7.25. The molecular weight excluding hydrogens is 268 g/mol. The number of amides is 2. The van der Waals surface area contributed by atoms with Crippen molar-refractivity contribution >= 4 is 11.8 Å². The van der Waals surface area contributed by atoms with Crippen molar-refractivity contribution in [2.45, 2.75) is 71.6 Å². The SMILES string of the molecule is CCC(C)C1NC(=O)C(CC)N(CCC(C)(C)OC)C1=O. The average molecular weight is 298 g/mol. The molecule has 1 fully saturated rings. The maximum atomic E-state index is 12.7. The summed E-state index contributed by atoms with van der Waals surface area (Å²) in [4.78, 5) is 26.7. The van der Waals surface area contributed by atoms with E-state index in [1.54, 1.807) is 12.0 Å². The van der Waals surface area contributed by atoms with Crippen LogP contribution in [0.5, 0.6) is 0 Å². The largest absolute Gasteiger partial charge is 0.379 e. The van der Waals surface area contributed by atoms with Gasteiger partial charge in [-0.3, -0.25) is 9.59 Å². The second-order valence-electron chi connectivity index (χ2n) is 6.54. The van der Waals surface area contributed by atoms with E-state index in [4.69, 9.17) is 4.74 Å². The molecule has 1 heterocycles. The number of nitrogens with one attached hydrogen (secondary N) is 1. The van der Waals surface area contributed by atoms with Gasteiger partial charge in [-0.1, -0.05) is 27.2 Å². The molecule has 3 atom stereocenters. The van der Waals surface area contributed by atoms with Gasteiger partial charge in [0.2, 0.25) is 11.8 Å². The quantitative estimate of drug-likeness (QED) is 0.781. The topological polar surface area (TPSA) is 58.6 Å². The predicted octanol–water partition coefficient (Wildman–Crippen LogP) is 1.95. The summed E-state index contributed by atoms with van der Waals surface area (Å²) in [5.41, 5.74) is -0.293. The van der Waals surface area contributed by atoms with Gasteiger partial charge in [-0.05, 0) is 32.6 Å². The summed E-state index contributed by atoms with van der Waals surface area (Å²) in [6.45, 7) is 10.5. The molecule has 0 radical (unpaired) electrons. The summed E-state index contributed by atoms with van der Waals surface area (Å²) in [6.07, 6.45) is 2.22. The van der Waals surface area contributed by atoms with Gasteiger partial charge in [0.25, 0.3) is 0 Å². The van der Waals surface area contributed by atoms with Crippen molar-refractivity contribution in [1.29, 1.82) is 0 Å². The zero-order valence-corrected chi connectivity index (χ0v) is 14.2. The van der Waals surface area contributed by atoms with Gasteiger partial charge in [0.1, 0.15) is 12.1 Å². The number of carbonyl (C=O) groups excluding carboxylic acids is 2. The minimum absolute atomic E-state index is 0.0300. The molecule has 1 aliphatic rings. The Morgan fingerprint density at radius 1 is 1.33 bits per heavy atom. The summed E-state index contributed by atoms with van der Waals surface area (Å²) < 4.78 is 5.42. The number of hydrogen-bond acceptors (Lipinski definition) is 3. The van der Waals surface area contributed by atoms with Crippen LogP contribution in [0.3, 0.4) is 0 Å². The molecule has 3 unspecified atom stereocenters. The highest BCUT2D eigenvalue weighted by Gasteiger charge is 2.41. The van der Waals surface area contributed by atoms with Crippen LogP contribution in [-0.4, -0.2) is 48.1 Å². The second-order valence-corrected chi connectivity index (χ2v) is 6.54. The fraction of sp³-hybridized carbons (Fsp3) is 0.875. The Morgan fingerprint density at radius 2 is 1.95 bits per heavy atom. The van der Waals surface area contributed by atoms with Crippen molar-refractivity contribution < 1.29 is 14.3 Å². The van der Waals surface area contributed by atoms with Crippen LogP contribution >= 0.6 is 0 Å². The first-order valence-corrected chi connectivity index (χ1v) is 7.93. The van der Waals surface area contributed by atoms with E-state index in [0.717, 1.165) is 6.42 Å². The number of hydrogen-bond donors (Lipinski definition) is 1. The Hall–Kier alpha value is -1.10. The summed E-state index contributed by atoms with van der Waals surface area (Å²) in [6, 6.07) is -0.749. The Bertz CT molecular complexity index is 382. The molecular formula is C16H30N2O3. The molecule has 122 valence electrons. The molecule has 5 nitrogen and oxygen atoms in total. The average Bonchev–Trinajstić information content (AvgIpc) is 2.46. The highest BCUT2D eigenvalue weighted by molar-refractivity contribution is 5.97. The van der Waals surface area contributed by atoms with Crippen molar-refractivity contribution in [2.75, 3.05) is 13.7 Å². The fourth-order valence-electron chi connectivity index (χ4n) is 2.57. The minimum Gasteiger partial charge on any atom is -0.379 e. The van der Waals surface area contributed by atoms with E-state index in [2.05, 4.69) is 5.32 Å². The van der Waals surface area contributed by atoms with Crippen molar-refractivity contribution in [1.82, 2.24) is 10.2 Å². The first-order valence-electron chi connectivity index (χ1n) is 7.93. The summed E-state index contributed by atoms with van der Waals surface area (Å²) in [5.74, 6) is 0.164. The Morgan fingerprint density at radius 3 is 2.43 bits per heavy atom. The number of nitrogens with zero attached hydrogens (tertiary/aromatic N) is 1. The third kappa shape index (κ3) is 4.19. The van der Waals surface area contributed by atoms with Gasteiger partial charge in [0.15, 0.2) is 0 Å². The molecule has 1 aliphatic heterocycles. The van der Waals surface area contributed by atoms with Gasteiger partial charge in [-0.2, -0.15) is 0 Å². The molecule has 0 aromatic rings. The van der Waals surface area contributed by atoms with Crippen LogP contribution in [0.4, 0.5) is 0 Å². The summed E-state index contributed by atoms with van der Waals surface area (Å²) >= 11 is 0. The molecule has 0 aliphatic carbocycles. The molecule has 5 heteroatoms. The lowest BCUT2D eigenvalue weighted by atomic mass is 9.93. The molecule has 1 rings (SSSR count). The molecule has 1 N–H and O–H groups in total. The molecule has 0 saturated carbocycles. The zero-order chi connectivity index (χ0) is 16.2. The van der Waals surface area contributed by atoms with E-state index < -0.39 is 6.04 Å². The minimum atomic E-state index is -0.393. The van der Waals surface area contributed by atoms with E-state index in [1.807, 2.05) is 34.6 Å². The standard InChI is InChI=1S/C16H30N2O3/c1-7-11(3)13-15(20)18(10-9-16(4,5)21-6)12(8-2)14(19)17-13/h11-13H,7-10H2,1-6H3,(H,17,19). The lowest BCUT2D eigenvalue weighted by Gasteiger charge is -2.41. The van der Waals surface area contributed by atoms with Crippen molar-refractivity contribution in [3.8, 4) is 0 Å². The first kappa shape index (κ1) is 18.0. The molecule has 0 aromatic heterocycles. The van der Waals surface area contributed by atoms with Crippen LogP contribution in [0.15, 0.2) is 0 Å². The number of ether oxygens (including phenoxy) is 1. The van der Waals surface area contributed by atoms with Crippen molar-refractivity contribution in [3.63, 3.8) is 0 Å². The summed E-state index contributed by atoms with van der Waals surface area (Å²) in [5, 5.41) is 2.90.